The highest BCUT2D eigenvalue weighted by Gasteiger charge is 2.27. The van der Waals surface area contributed by atoms with Crippen molar-refractivity contribution in [1.29, 1.82) is 0 Å². The third-order valence-corrected chi connectivity index (χ3v) is 3.30. The van der Waals surface area contributed by atoms with Crippen LogP contribution in [-0.2, 0) is 5.60 Å². The summed E-state index contributed by atoms with van der Waals surface area (Å²) in [5.74, 6) is 0.699. The number of rotatable bonds is 4. The SMILES string of the molecule is Cc1ccc(C(C)(O)CNC(=O)Nc2ccc(F)cc2C)o1. The molecule has 0 saturated heterocycles. The van der Waals surface area contributed by atoms with Crippen molar-refractivity contribution in [3.8, 4) is 0 Å². The van der Waals surface area contributed by atoms with Crippen LogP contribution in [0.1, 0.15) is 24.0 Å². The van der Waals surface area contributed by atoms with Crippen LogP contribution in [-0.4, -0.2) is 17.7 Å². The maximum atomic E-state index is 13.0. The lowest BCUT2D eigenvalue weighted by atomic mass is 10.0. The third-order valence-electron chi connectivity index (χ3n) is 3.30. The monoisotopic (exact) mass is 306 g/mol. The Morgan fingerprint density at radius 1 is 1.32 bits per heavy atom. The Balaban J connectivity index is 1.95. The summed E-state index contributed by atoms with van der Waals surface area (Å²) < 4.78 is 18.4. The fraction of sp³-hybridized carbons (Fsp3) is 0.312. The van der Waals surface area contributed by atoms with Crippen molar-refractivity contribution in [1.82, 2.24) is 5.32 Å². The number of aliphatic hydroxyl groups is 1. The summed E-state index contributed by atoms with van der Waals surface area (Å²) in [5.41, 5.74) is -0.195. The first-order valence-electron chi connectivity index (χ1n) is 6.88. The van der Waals surface area contributed by atoms with Crippen LogP contribution in [0, 0.1) is 19.7 Å². The van der Waals surface area contributed by atoms with Crippen LogP contribution in [0.5, 0.6) is 0 Å². The quantitative estimate of drug-likeness (QED) is 0.812. The molecule has 0 fully saturated rings. The zero-order chi connectivity index (χ0) is 16.3. The Kier molecular flexibility index (Phi) is 4.51. The standard InChI is InChI=1S/C16H19FN2O3/c1-10-8-12(17)5-6-13(10)19-15(20)18-9-16(3,21)14-7-4-11(2)22-14/h4-8,21H,9H2,1-3H3,(H2,18,19,20). The average Bonchev–Trinajstić information content (AvgIpc) is 2.87. The maximum absolute atomic E-state index is 13.0. The fourth-order valence-electron chi connectivity index (χ4n) is 2.00. The molecule has 1 heterocycles. The van der Waals surface area contributed by atoms with Gasteiger partial charge in [-0.15, -0.1) is 0 Å². The number of anilines is 1. The van der Waals surface area contributed by atoms with E-state index in [1.54, 1.807) is 32.9 Å². The molecule has 3 N–H and O–H groups in total. The van der Waals surface area contributed by atoms with Gasteiger partial charge in [-0.2, -0.15) is 0 Å². The van der Waals surface area contributed by atoms with E-state index in [1.165, 1.54) is 18.2 Å². The number of hydrogen-bond donors (Lipinski definition) is 3. The highest BCUT2D eigenvalue weighted by molar-refractivity contribution is 5.90. The lowest BCUT2D eigenvalue weighted by Crippen LogP contribution is -2.40. The number of amides is 2. The molecule has 0 aliphatic carbocycles. The van der Waals surface area contributed by atoms with E-state index in [2.05, 4.69) is 10.6 Å². The normalized spacial score (nSPS) is 13.5. The minimum absolute atomic E-state index is 0.0218. The molecule has 5 nitrogen and oxygen atoms in total. The molecule has 22 heavy (non-hydrogen) atoms. The van der Waals surface area contributed by atoms with Gasteiger partial charge in [-0.1, -0.05) is 0 Å². The van der Waals surface area contributed by atoms with Crippen LogP contribution < -0.4 is 10.6 Å². The van der Waals surface area contributed by atoms with Crippen LogP contribution >= 0.6 is 0 Å². The third kappa shape index (κ3) is 3.85. The van der Waals surface area contributed by atoms with E-state index in [0.717, 1.165) is 0 Å². The predicted octanol–water partition coefficient (Wildman–Crippen LogP) is 3.06. The summed E-state index contributed by atoms with van der Waals surface area (Å²) in [4.78, 5) is 11.9. The second-order valence-electron chi connectivity index (χ2n) is 5.45. The zero-order valence-corrected chi connectivity index (χ0v) is 12.7. The van der Waals surface area contributed by atoms with Gasteiger partial charge in [0.2, 0.25) is 0 Å². The number of furan rings is 1. The fourth-order valence-corrected chi connectivity index (χ4v) is 2.00. The molecule has 1 unspecified atom stereocenters. The first-order chi connectivity index (χ1) is 10.3. The van der Waals surface area contributed by atoms with Crippen molar-refractivity contribution < 1.29 is 18.7 Å². The molecule has 0 spiro atoms. The van der Waals surface area contributed by atoms with Crippen molar-refractivity contribution in [2.24, 2.45) is 0 Å². The largest absolute Gasteiger partial charge is 0.463 e. The van der Waals surface area contributed by atoms with Gasteiger partial charge in [0, 0.05) is 5.69 Å². The van der Waals surface area contributed by atoms with Crippen molar-refractivity contribution in [2.45, 2.75) is 26.4 Å². The number of carbonyl (C=O) groups is 1. The second-order valence-corrected chi connectivity index (χ2v) is 5.45. The van der Waals surface area contributed by atoms with Crippen LogP contribution in [0.2, 0.25) is 0 Å². The molecule has 0 bridgehead atoms. The van der Waals surface area contributed by atoms with Gasteiger partial charge in [-0.3, -0.25) is 0 Å². The molecule has 2 amide bonds. The first kappa shape index (κ1) is 16.0. The smallest absolute Gasteiger partial charge is 0.319 e. The van der Waals surface area contributed by atoms with Crippen LogP contribution in [0.25, 0.3) is 0 Å². The minimum Gasteiger partial charge on any atom is -0.463 e. The van der Waals surface area contributed by atoms with Gasteiger partial charge in [0.15, 0.2) is 0 Å². The number of halogens is 1. The van der Waals surface area contributed by atoms with Crippen LogP contribution in [0.3, 0.4) is 0 Å². The Morgan fingerprint density at radius 3 is 2.64 bits per heavy atom. The van der Waals surface area contributed by atoms with Gasteiger partial charge in [0.25, 0.3) is 0 Å². The Bertz CT molecular complexity index is 680. The van der Waals surface area contributed by atoms with E-state index in [4.69, 9.17) is 4.42 Å². The Morgan fingerprint density at radius 2 is 2.05 bits per heavy atom. The lowest BCUT2D eigenvalue weighted by molar-refractivity contribution is 0.0364. The molecule has 0 radical (unpaired) electrons. The molecule has 118 valence electrons. The highest BCUT2D eigenvalue weighted by Crippen LogP contribution is 2.22. The van der Waals surface area contributed by atoms with E-state index in [0.29, 0.717) is 22.8 Å². The van der Waals surface area contributed by atoms with Gasteiger partial charge in [-0.25, -0.2) is 9.18 Å². The molecule has 0 aliphatic heterocycles. The number of carbonyl (C=O) groups excluding carboxylic acids is 1. The molecule has 2 rings (SSSR count). The highest BCUT2D eigenvalue weighted by atomic mass is 19.1. The van der Waals surface area contributed by atoms with E-state index in [9.17, 15) is 14.3 Å². The van der Waals surface area contributed by atoms with E-state index >= 15 is 0 Å². The van der Waals surface area contributed by atoms with Crippen LogP contribution in [0.15, 0.2) is 34.7 Å². The van der Waals surface area contributed by atoms with Gasteiger partial charge >= 0.3 is 6.03 Å². The molecule has 6 heteroatoms. The minimum atomic E-state index is -1.32. The molecule has 1 aromatic carbocycles. The maximum Gasteiger partial charge on any atom is 0.319 e. The van der Waals surface area contributed by atoms with Crippen molar-refractivity contribution in [2.75, 3.05) is 11.9 Å². The molecule has 0 aliphatic rings. The second kappa shape index (κ2) is 6.19. The summed E-state index contributed by atoms with van der Waals surface area (Å²) in [6.07, 6.45) is 0. The summed E-state index contributed by atoms with van der Waals surface area (Å²) in [5, 5.41) is 15.5. The summed E-state index contributed by atoms with van der Waals surface area (Å²) in [7, 11) is 0. The average molecular weight is 306 g/mol. The Labute approximate surface area is 128 Å². The predicted molar refractivity (Wildman–Crippen MR) is 81.2 cm³/mol. The molecule has 1 atom stereocenters. The summed E-state index contributed by atoms with van der Waals surface area (Å²) in [6, 6.07) is 7.00. The molecular formula is C16H19FN2O3. The van der Waals surface area contributed by atoms with Crippen molar-refractivity contribution in [3.63, 3.8) is 0 Å². The van der Waals surface area contributed by atoms with E-state index < -0.39 is 11.6 Å². The number of aryl methyl sites for hydroxylation is 2. The Hall–Kier alpha value is -2.34. The number of urea groups is 1. The number of hydrogen-bond acceptors (Lipinski definition) is 3. The zero-order valence-electron chi connectivity index (χ0n) is 12.7. The van der Waals surface area contributed by atoms with Crippen molar-refractivity contribution >= 4 is 11.7 Å². The van der Waals surface area contributed by atoms with Gasteiger partial charge in [0.05, 0.1) is 6.54 Å². The van der Waals surface area contributed by atoms with Gasteiger partial charge in [-0.05, 0) is 56.7 Å². The van der Waals surface area contributed by atoms with Gasteiger partial charge < -0.3 is 20.2 Å². The molecule has 1 aromatic heterocycles. The molecule has 2 aromatic rings. The number of benzene rings is 1. The summed E-state index contributed by atoms with van der Waals surface area (Å²) >= 11 is 0. The van der Waals surface area contributed by atoms with Gasteiger partial charge in [0.1, 0.15) is 22.9 Å². The topological polar surface area (TPSA) is 74.5 Å². The van der Waals surface area contributed by atoms with Crippen LogP contribution in [0.4, 0.5) is 14.9 Å². The summed E-state index contributed by atoms with van der Waals surface area (Å²) in [6.45, 7) is 5.00. The van der Waals surface area contributed by atoms with E-state index in [-0.39, 0.29) is 12.4 Å². The van der Waals surface area contributed by atoms with Crippen molar-refractivity contribution in [3.05, 3.63) is 53.2 Å². The number of nitrogens with one attached hydrogen (secondary N) is 2. The molecular weight excluding hydrogens is 287 g/mol. The molecule has 0 saturated carbocycles. The first-order valence-corrected chi connectivity index (χ1v) is 6.88. The lowest BCUT2D eigenvalue weighted by Gasteiger charge is -2.21. The van der Waals surface area contributed by atoms with E-state index in [1.807, 2.05) is 0 Å².